The second-order valence-corrected chi connectivity index (χ2v) is 5.33. The van der Waals surface area contributed by atoms with Gasteiger partial charge in [0.1, 0.15) is 0 Å². The average Bonchev–Trinajstić information content (AvgIpc) is 3.16. The molecule has 7 nitrogen and oxygen atoms in total. The van der Waals surface area contributed by atoms with E-state index in [4.69, 9.17) is 9.26 Å². The van der Waals surface area contributed by atoms with Gasteiger partial charge in [-0.25, -0.2) is 0 Å². The third-order valence-corrected chi connectivity index (χ3v) is 3.50. The van der Waals surface area contributed by atoms with E-state index in [1.807, 2.05) is 16.8 Å². The Morgan fingerprint density at radius 1 is 1.50 bits per heavy atom. The number of hydrogen-bond acceptors (Lipinski definition) is 7. The molecule has 2 aromatic rings. The molecule has 0 saturated heterocycles. The minimum Gasteiger partial charge on any atom is -0.453 e. The molecule has 118 valence electrons. The standard InChI is InChI=1S/C14H17N3O4S/c1-3-15-14(19)9(2)20-12(18)5-4-11-16-13(17-21-11)10-6-7-22-8-10/h6-9H,3-5H2,1-2H3,(H,15,19)/t9-/m0/s1. The van der Waals surface area contributed by atoms with Crippen molar-refractivity contribution in [2.75, 3.05) is 6.54 Å². The van der Waals surface area contributed by atoms with Gasteiger partial charge in [-0.15, -0.1) is 0 Å². The van der Waals surface area contributed by atoms with Crippen molar-refractivity contribution in [1.82, 2.24) is 15.5 Å². The molecule has 0 fully saturated rings. The first kappa shape index (κ1) is 16.2. The van der Waals surface area contributed by atoms with Crippen LogP contribution in [0.3, 0.4) is 0 Å². The van der Waals surface area contributed by atoms with E-state index in [2.05, 4.69) is 15.5 Å². The summed E-state index contributed by atoms with van der Waals surface area (Å²) in [7, 11) is 0. The van der Waals surface area contributed by atoms with Crippen LogP contribution in [0.4, 0.5) is 0 Å². The zero-order valence-electron chi connectivity index (χ0n) is 12.4. The van der Waals surface area contributed by atoms with Gasteiger partial charge in [-0.1, -0.05) is 5.16 Å². The summed E-state index contributed by atoms with van der Waals surface area (Å²) in [5, 5.41) is 10.3. The highest BCUT2D eigenvalue weighted by molar-refractivity contribution is 7.08. The van der Waals surface area contributed by atoms with Gasteiger partial charge in [-0.05, 0) is 25.3 Å². The van der Waals surface area contributed by atoms with Crippen molar-refractivity contribution in [1.29, 1.82) is 0 Å². The van der Waals surface area contributed by atoms with Crippen LogP contribution in [-0.2, 0) is 20.7 Å². The highest BCUT2D eigenvalue weighted by atomic mass is 32.1. The average molecular weight is 323 g/mol. The lowest BCUT2D eigenvalue weighted by Crippen LogP contribution is -2.35. The summed E-state index contributed by atoms with van der Waals surface area (Å²) >= 11 is 1.54. The Bertz CT molecular complexity index is 624. The van der Waals surface area contributed by atoms with E-state index < -0.39 is 12.1 Å². The molecule has 0 spiro atoms. The van der Waals surface area contributed by atoms with Crippen LogP contribution in [0.5, 0.6) is 0 Å². The molecule has 2 aromatic heterocycles. The van der Waals surface area contributed by atoms with Crippen molar-refractivity contribution >= 4 is 23.2 Å². The Morgan fingerprint density at radius 2 is 2.32 bits per heavy atom. The molecule has 0 aliphatic rings. The van der Waals surface area contributed by atoms with Crippen molar-refractivity contribution < 1.29 is 18.8 Å². The highest BCUT2D eigenvalue weighted by Gasteiger charge is 2.18. The van der Waals surface area contributed by atoms with Gasteiger partial charge in [0.2, 0.25) is 11.7 Å². The van der Waals surface area contributed by atoms with Gasteiger partial charge < -0.3 is 14.6 Å². The summed E-state index contributed by atoms with van der Waals surface area (Å²) in [4.78, 5) is 27.4. The summed E-state index contributed by atoms with van der Waals surface area (Å²) in [6, 6.07) is 1.89. The summed E-state index contributed by atoms with van der Waals surface area (Å²) in [6.07, 6.45) is -0.455. The molecule has 1 amide bonds. The summed E-state index contributed by atoms with van der Waals surface area (Å²) < 4.78 is 10.1. The number of aryl methyl sites for hydroxylation is 1. The van der Waals surface area contributed by atoms with Crippen LogP contribution in [-0.4, -0.2) is 34.7 Å². The maximum absolute atomic E-state index is 11.7. The first-order valence-electron chi connectivity index (χ1n) is 6.92. The molecule has 1 atom stereocenters. The third kappa shape index (κ3) is 4.39. The third-order valence-electron chi connectivity index (χ3n) is 2.82. The molecule has 22 heavy (non-hydrogen) atoms. The summed E-state index contributed by atoms with van der Waals surface area (Å²) in [5.74, 6) is 0.0755. The Labute approximate surface area is 131 Å². The highest BCUT2D eigenvalue weighted by Crippen LogP contribution is 2.19. The number of amides is 1. The molecule has 0 unspecified atom stereocenters. The van der Waals surface area contributed by atoms with Gasteiger partial charge in [-0.3, -0.25) is 9.59 Å². The van der Waals surface area contributed by atoms with Crippen molar-refractivity contribution in [2.24, 2.45) is 0 Å². The van der Waals surface area contributed by atoms with Gasteiger partial charge in [-0.2, -0.15) is 16.3 Å². The number of rotatable bonds is 7. The molecular formula is C14H17N3O4S. The van der Waals surface area contributed by atoms with E-state index in [1.165, 1.54) is 6.92 Å². The van der Waals surface area contributed by atoms with Crippen LogP contribution < -0.4 is 5.32 Å². The maximum Gasteiger partial charge on any atom is 0.307 e. The Balaban J connectivity index is 1.80. The second-order valence-electron chi connectivity index (χ2n) is 4.55. The predicted octanol–water partition coefficient (Wildman–Crippen LogP) is 1.80. The molecule has 0 aromatic carbocycles. The monoisotopic (exact) mass is 323 g/mol. The van der Waals surface area contributed by atoms with Crippen LogP contribution >= 0.6 is 11.3 Å². The number of carbonyl (C=O) groups is 2. The van der Waals surface area contributed by atoms with Gasteiger partial charge in [0.25, 0.3) is 5.91 Å². The van der Waals surface area contributed by atoms with Crippen molar-refractivity contribution in [3.8, 4) is 11.4 Å². The van der Waals surface area contributed by atoms with E-state index in [1.54, 1.807) is 18.3 Å². The quantitative estimate of drug-likeness (QED) is 0.781. The number of carbonyl (C=O) groups excluding carboxylic acids is 2. The van der Waals surface area contributed by atoms with E-state index in [0.717, 1.165) is 5.56 Å². The fraction of sp³-hybridized carbons (Fsp3) is 0.429. The largest absolute Gasteiger partial charge is 0.453 e. The fourth-order valence-electron chi connectivity index (χ4n) is 1.70. The van der Waals surface area contributed by atoms with E-state index in [0.29, 0.717) is 18.3 Å². The van der Waals surface area contributed by atoms with Crippen molar-refractivity contribution in [2.45, 2.75) is 32.8 Å². The molecule has 0 aliphatic carbocycles. The van der Waals surface area contributed by atoms with E-state index >= 15 is 0 Å². The molecular weight excluding hydrogens is 306 g/mol. The van der Waals surface area contributed by atoms with Gasteiger partial charge in [0, 0.05) is 23.9 Å². The first-order chi connectivity index (χ1) is 10.6. The zero-order valence-corrected chi connectivity index (χ0v) is 13.2. The number of nitrogens with zero attached hydrogens (tertiary/aromatic N) is 2. The molecule has 1 N–H and O–H groups in total. The van der Waals surface area contributed by atoms with Crippen molar-refractivity contribution in [3.63, 3.8) is 0 Å². The van der Waals surface area contributed by atoms with E-state index in [9.17, 15) is 9.59 Å². The number of nitrogens with one attached hydrogen (secondary N) is 1. The molecule has 0 bridgehead atoms. The van der Waals surface area contributed by atoms with Gasteiger partial charge in [0.05, 0.1) is 6.42 Å². The number of hydrogen-bond donors (Lipinski definition) is 1. The minimum absolute atomic E-state index is 0.0784. The molecule has 0 saturated carbocycles. The minimum atomic E-state index is -0.809. The molecule has 0 radical (unpaired) electrons. The lowest BCUT2D eigenvalue weighted by Gasteiger charge is -2.11. The van der Waals surface area contributed by atoms with Gasteiger partial charge in [0.15, 0.2) is 6.10 Å². The Hall–Kier alpha value is -2.22. The SMILES string of the molecule is CCNC(=O)[C@H](C)OC(=O)CCc1nc(-c2ccsc2)no1. The van der Waals surface area contributed by atoms with Crippen LogP contribution in [0.15, 0.2) is 21.3 Å². The molecule has 2 rings (SSSR count). The Kier molecular flexibility index (Phi) is 5.65. The van der Waals surface area contributed by atoms with Crippen LogP contribution in [0.25, 0.3) is 11.4 Å². The van der Waals surface area contributed by atoms with Crippen molar-refractivity contribution in [3.05, 3.63) is 22.7 Å². The van der Waals surface area contributed by atoms with Gasteiger partial charge >= 0.3 is 5.97 Å². The maximum atomic E-state index is 11.7. The van der Waals surface area contributed by atoms with E-state index in [-0.39, 0.29) is 18.7 Å². The zero-order chi connectivity index (χ0) is 15.9. The molecule has 0 aliphatic heterocycles. The predicted molar refractivity (Wildman–Crippen MR) is 80.2 cm³/mol. The number of thiophene rings is 1. The second kappa shape index (κ2) is 7.69. The lowest BCUT2D eigenvalue weighted by atomic mass is 10.3. The summed E-state index contributed by atoms with van der Waals surface area (Å²) in [5.41, 5.74) is 0.882. The fourth-order valence-corrected chi connectivity index (χ4v) is 2.34. The summed E-state index contributed by atoms with van der Waals surface area (Å²) in [6.45, 7) is 3.82. The number of ether oxygens (including phenoxy) is 1. The van der Waals surface area contributed by atoms with Crippen LogP contribution in [0, 0.1) is 0 Å². The lowest BCUT2D eigenvalue weighted by molar-refractivity contribution is -0.154. The smallest absolute Gasteiger partial charge is 0.307 e. The number of esters is 1. The molecule has 2 heterocycles. The first-order valence-corrected chi connectivity index (χ1v) is 7.86. The number of aromatic nitrogens is 2. The van der Waals surface area contributed by atoms with Crippen LogP contribution in [0.1, 0.15) is 26.2 Å². The topological polar surface area (TPSA) is 94.3 Å². The molecule has 8 heteroatoms. The Morgan fingerprint density at radius 3 is 3.00 bits per heavy atom. The normalized spacial score (nSPS) is 11.9. The number of likely N-dealkylation sites (N-methyl/N-ethyl adjacent to an activating group) is 1. The van der Waals surface area contributed by atoms with Crippen LogP contribution in [0.2, 0.25) is 0 Å².